The lowest BCUT2D eigenvalue weighted by Gasteiger charge is -2.03. The maximum absolute atomic E-state index is 11.7. The molecule has 0 spiro atoms. The molecular weight excluding hydrogens is 185 g/mol. The Balaban J connectivity index is 4.09. The maximum atomic E-state index is 11.7. The van der Waals surface area contributed by atoms with Crippen molar-refractivity contribution in [2.75, 3.05) is 6.61 Å². The average Bonchev–Trinajstić information content (AvgIpc) is 1.99. The monoisotopic (exact) mass is 196 g/mol. The second kappa shape index (κ2) is 4.89. The zero-order valence-electron chi connectivity index (χ0n) is 7.44. The van der Waals surface area contributed by atoms with Crippen LogP contribution in [-0.4, -0.2) is 18.8 Å². The van der Waals surface area contributed by atoms with Gasteiger partial charge in [0.1, 0.15) is 0 Å². The second-order valence-corrected chi connectivity index (χ2v) is 2.43. The molecule has 0 atom stereocenters. The summed E-state index contributed by atoms with van der Waals surface area (Å²) in [5.74, 6) is -0.702. The van der Waals surface area contributed by atoms with Gasteiger partial charge in [-0.1, -0.05) is 6.08 Å². The summed E-state index contributed by atoms with van der Waals surface area (Å²) in [6.45, 7) is 3.05. The molecule has 0 aromatic rings. The van der Waals surface area contributed by atoms with Gasteiger partial charge in [0.05, 0.1) is 13.0 Å². The van der Waals surface area contributed by atoms with Crippen LogP contribution in [0.1, 0.15) is 20.3 Å². The minimum Gasteiger partial charge on any atom is -0.463 e. The zero-order valence-corrected chi connectivity index (χ0v) is 7.44. The predicted octanol–water partition coefficient (Wildman–Crippen LogP) is 2.45. The highest BCUT2D eigenvalue weighted by atomic mass is 19.4. The fourth-order valence-electron chi connectivity index (χ4n) is 0.597. The van der Waals surface area contributed by atoms with E-state index in [4.69, 9.17) is 0 Å². The molecule has 0 bridgehead atoms. The highest BCUT2D eigenvalue weighted by molar-refractivity contribution is 5.87. The third-order valence-electron chi connectivity index (χ3n) is 1.24. The Labute approximate surface area is 74.4 Å². The van der Waals surface area contributed by atoms with Crippen molar-refractivity contribution in [2.24, 2.45) is 0 Å². The molecule has 0 saturated carbocycles. The summed E-state index contributed by atoms with van der Waals surface area (Å²) in [5, 5.41) is 0. The topological polar surface area (TPSA) is 26.3 Å². The van der Waals surface area contributed by atoms with E-state index in [1.54, 1.807) is 6.92 Å². The normalized spacial score (nSPS) is 12.8. The Morgan fingerprint density at radius 3 is 2.38 bits per heavy atom. The zero-order chi connectivity index (χ0) is 10.5. The number of allylic oxidation sites excluding steroid dienone is 1. The summed E-state index contributed by atoms with van der Waals surface area (Å²) < 4.78 is 39.5. The van der Waals surface area contributed by atoms with Gasteiger partial charge in [0, 0.05) is 5.57 Å². The van der Waals surface area contributed by atoms with Crippen LogP contribution in [0.25, 0.3) is 0 Å². The van der Waals surface area contributed by atoms with Gasteiger partial charge in [-0.05, 0) is 13.8 Å². The summed E-state index contributed by atoms with van der Waals surface area (Å²) in [5.41, 5.74) is -0.0147. The third kappa shape index (κ3) is 6.19. The number of alkyl halides is 3. The van der Waals surface area contributed by atoms with Crippen molar-refractivity contribution >= 4 is 5.97 Å². The van der Waals surface area contributed by atoms with Crippen LogP contribution in [0.15, 0.2) is 11.6 Å². The lowest BCUT2D eigenvalue weighted by molar-refractivity contribution is -0.138. The van der Waals surface area contributed by atoms with E-state index >= 15 is 0 Å². The fraction of sp³-hybridized carbons (Fsp3) is 0.625. The van der Waals surface area contributed by atoms with Gasteiger partial charge in [-0.25, -0.2) is 4.79 Å². The van der Waals surface area contributed by atoms with Crippen LogP contribution in [0.3, 0.4) is 0 Å². The lowest BCUT2D eigenvalue weighted by Crippen LogP contribution is -2.09. The molecule has 13 heavy (non-hydrogen) atoms. The van der Waals surface area contributed by atoms with Crippen molar-refractivity contribution in [3.63, 3.8) is 0 Å². The van der Waals surface area contributed by atoms with Crippen LogP contribution in [0, 0.1) is 0 Å². The van der Waals surface area contributed by atoms with Crippen LogP contribution in [0.5, 0.6) is 0 Å². The van der Waals surface area contributed by atoms with Crippen molar-refractivity contribution in [2.45, 2.75) is 26.4 Å². The molecule has 0 aromatic heterocycles. The van der Waals surface area contributed by atoms with Crippen LogP contribution in [0.2, 0.25) is 0 Å². The maximum Gasteiger partial charge on any atom is 0.392 e. The first-order chi connectivity index (χ1) is 5.87. The van der Waals surface area contributed by atoms with Gasteiger partial charge >= 0.3 is 12.1 Å². The van der Waals surface area contributed by atoms with Crippen LogP contribution < -0.4 is 0 Å². The van der Waals surface area contributed by atoms with Crippen molar-refractivity contribution in [1.29, 1.82) is 0 Å². The smallest absolute Gasteiger partial charge is 0.392 e. The molecule has 0 rings (SSSR count). The quantitative estimate of drug-likeness (QED) is 0.512. The number of halogens is 3. The minimum absolute atomic E-state index is 0.0147. The van der Waals surface area contributed by atoms with E-state index in [9.17, 15) is 18.0 Å². The van der Waals surface area contributed by atoms with Gasteiger partial charge in [0.25, 0.3) is 0 Å². The Bertz CT molecular complexity index is 206. The van der Waals surface area contributed by atoms with Crippen LogP contribution >= 0.6 is 0 Å². The molecule has 0 saturated heterocycles. The number of hydrogen-bond acceptors (Lipinski definition) is 2. The van der Waals surface area contributed by atoms with E-state index in [1.165, 1.54) is 6.92 Å². The summed E-state index contributed by atoms with van der Waals surface area (Å²) in [7, 11) is 0. The molecule has 5 heteroatoms. The molecule has 76 valence electrons. The molecule has 0 aromatic carbocycles. The van der Waals surface area contributed by atoms with Gasteiger partial charge in [-0.2, -0.15) is 13.2 Å². The molecular formula is C8H11F3O2. The minimum atomic E-state index is -4.27. The molecule has 0 aliphatic heterocycles. The predicted molar refractivity (Wildman–Crippen MR) is 41.1 cm³/mol. The average molecular weight is 196 g/mol. The highest BCUT2D eigenvalue weighted by Crippen LogP contribution is 2.20. The molecule has 0 aliphatic carbocycles. The number of hydrogen-bond donors (Lipinski definition) is 0. The van der Waals surface area contributed by atoms with Crippen molar-refractivity contribution < 1.29 is 22.7 Å². The molecule has 0 N–H and O–H groups in total. The van der Waals surface area contributed by atoms with Crippen LogP contribution in [0.4, 0.5) is 13.2 Å². The number of carbonyl (C=O) groups excluding carboxylic acids is 1. The van der Waals surface area contributed by atoms with Gasteiger partial charge in [-0.3, -0.25) is 0 Å². The molecule has 2 nitrogen and oxygen atoms in total. The van der Waals surface area contributed by atoms with E-state index in [0.717, 1.165) is 6.08 Å². The van der Waals surface area contributed by atoms with E-state index in [-0.39, 0.29) is 12.2 Å². The van der Waals surface area contributed by atoms with Crippen molar-refractivity contribution in [1.82, 2.24) is 0 Å². The second-order valence-electron chi connectivity index (χ2n) is 2.43. The van der Waals surface area contributed by atoms with E-state index in [2.05, 4.69) is 4.74 Å². The Kier molecular flexibility index (Phi) is 4.51. The van der Waals surface area contributed by atoms with Gasteiger partial charge in [0.15, 0.2) is 0 Å². The van der Waals surface area contributed by atoms with Crippen molar-refractivity contribution in [3.05, 3.63) is 11.6 Å². The van der Waals surface area contributed by atoms with Gasteiger partial charge in [-0.15, -0.1) is 0 Å². The standard InChI is InChI=1S/C8H11F3O2/c1-3-13-7(12)6(2)4-5-8(9,10)11/h4H,3,5H2,1-2H3/b6-4+. The number of esters is 1. The number of carbonyl (C=O) groups is 1. The van der Waals surface area contributed by atoms with Gasteiger partial charge in [0.2, 0.25) is 0 Å². The molecule has 0 unspecified atom stereocenters. The largest absolute Gasteiger partial charge is 0.463 e. The van der Waals surface area contributed by atoms with E-state index in [1.807, 2.05) is 0 Å². The molecule has 0 aliphatic rings. The fourth-order valence-corrected chi connectivity index (χ4v) is 0.597. The Morgan fingerprint density at radius 2 is 2.00 bits per heavy atom. The summed E-state index contributed by atoms with van der Waals surface area (Å²) in [4.78, 5) is 10.8. The Hall–Kier alpha value is -1.00. The highest BCUT2D eigenvalue weighted by Gasteiger charge is 2.25. The molecule has 0 amide bonds. The molecule has 0 radical (unpaired) electrons. The molecule has 0 heterocycles. The number of rotatable bonds is 3. The third-order valence-corrected chi connectivity index (χ3v) is 1.24. The first-order valence-corrected chi connectivity index (χ1v) is 3.77. The van der Waals surface area contributed by atoms with E-state index in [0.29, 0.717) is 0 Å². The Morgan fingerprint density at radius 1 is 1.46 bits per heavy atom. The van der Waals surface area contributed by atoms with Gasteiger partial charge < -0.3 is 4.74 Å². The SMILES string of the molecule is CCOC(=O)/C(C)=C/CC(F)(F)F. The summed E-state index contributed by atoms with van der Waals surface area (Å²) in [6.07, 6.45) is -4.55. The first kappa shape index (κ1) is 12.0. The first-order valence-electron chi connectivity index (χ1n) is 3.77. The molecule has 0 fully saturated rings. The van der Waals surface area contributed by atoms with Crippen LogP contribution in [-0.2, 0) is 9.53 Å². The number of ether oxygens (including phenoxy) is 1. The summed E-state index contributed by atoms with van der Waals surface area (Å²) in [6, 6.07) is 0. The lowest BCUT2D eigenvalue weighted by atomic mass is 10.2. The van der Waals surface area contributed by atoms with Crippen molar-refractivity contribution in [3.8, 4) is 0 Å². The summed E-state index contributed by atoms with van der Waals surface area (Å²) >= 11 is 0. The van der Waals surface area contributed by atoms with E-state index < -0.39 is 18.6 Å².